The van der Waals surface area contributed by atoms with E-state index in [9.17, 15) is 4.79 Å². The SMILES string of the molecule is C=CCc1ccccc1OCCOc1ccc(C(=O)O)cc1OCC. The minimum atomic E-state index is -1.00. The van der Waals surface area contributed by atoms with E-state index in [-0.39, 0.29) is 5.56 Å². The van der Waals surface area contributed by atoms with Crippen molar-refractivity contribution in [2.24, 2.45) is 0 Å². The quantitative estimate of drug-likeness (QED) is 0.523. The number of benzene rings is 2. The van der Waals surface area contributed by atoms with Crippen molar-refractivity contribution in [1.82, 2.24) is 0 Å². The van der Waals surface area contributed by atoms with E-state index in [1.54, 1.807) is 6.07 Å². The molecule has 132 valence electrons. The Kier molecular flexibility index (Phi) is 6.89. The molecule has 5 nitrogen and oxygen atoms in total. The van der Waals surface area contributed by atoms with Gasteiger partial charge in [0, 0.05) is 0 Å². The van der Waals surface area contributed by atoms with Gasteiger partial charge in [0.15, 0.2) is 11.5 Å². The van der Waals surface area contributed by atoms with Crippen LogP contribution in [0.5, 0.6) is 17.2 Å². The molecule has 1 N–H and O–H groups in total. The number of ether oxygens (including phenoxy) is 3. The van der Waals surface area contributed by atoms with Crippen molar-refractivity contribution in [2.45, 2.75) is 13.3 Å². The Morgan fingerprint density at radius 1 is 1.04 bits per heavy atom. The molecular formula is C20H22O5. The van der Waals surface area contributed by atoms with Gasteiger partial charge in [-0.2, -0.15) is 0 Å². The summed E-state index contributed by atoms with van der Waals surface area (Å²) in [5, 5.41) is 9.05. The molecule has 0 atom stereocenters. The fraction of sp³-hybridized carbons (Fsp3) is 0.250. The molecule has 0 amide bonds. The van der Waals surface area contributed by atoms with Crippen LogP contribution in [0.1, 0.15) is 22.8 Å². The predicted molar refractivity (Wildman–Crippen MR) is 95.9 cm³/mol. The first kappa shape index (κ1) is 18.4. The lowest BCUT2D eigenvalue weighted by Gasteiger charge is -2.14. The van der Waals surface area contributed by atoms with E-state index >= 15 is 0 Å². The molecule has 0 unspecified atom stereocenters. The number of carbonyl (C=O) groups is 1. The predicted octanol–water partition coefficient (Wildman–Crippen LogP) is 3.97. The van der Waals surface area contributed by atoms with Gasteiger partial charge in [0.1, 0.15) is 19.0 Å². The Morgan fingerprint density at radius 3 is 2.44 bits per heavy atom. The molecule has 0 heterocycles. The topological polar surface area (TPSA) is 65.0 Å². The summed E-state index contributed by atoms with van der Waals surface area (Å²) in [6, 6.07) is 12.3. The van der Waals surface area contributed by atoms with E-state index < -0.39 is 5.97 Å². The van der Waals surface area contributed by atoms with E-state index in [0.29, 0.717) is 31.3 Å². The first-order valence-corrected chi connectivity index (χ1v) is 8.10. The molecule has 2 rings (SSSR count). The van der Waals surface area contributed by atoms with Crippen LogP contribution in [-0.2, 0) is 6.42 Å². The highest BCUT2D eigenvalue weighted by molar-refractivity contribution is 5.88. The first-order chi connectivity index (χ1) is 12.2. The zero-order valence-corrected chi connectivity index (χ0v) is 14.2. The van der Waals surface area contributed by atoms with Gasteiger partial charge in [-0.1, -0.05) is 24.3 Å². The Hall–Kier alpha value is -2.95. The van der Waals surface area contributed by atoms with Crippen LogP contribution in [0.25, 0.3) is 0 Å². The van der Waals surface area contributed by atoms with Gasteiger partial charge < -0.3 is 19.3 Å². The average molecular weight is 342 g/mol. The molecular weight excluding hydrogens is 320 g/mol. The lowest BCUT2D eigenvalue weighted by Crippen LogP contribution is -2.11. The van der Waals surface area contributed by atoms with E-state index in [2.05, 4.69) is 6.58 Å². The maximum absolute atomic E-state index is 11.0. The van der Waals surface area contributed by atoms with Crippen LogP contribution in [0, 0.1) is 0 Å². The van der Waals surface area contributed by atoms with Crippen molar-refractivity contribution in [1.29, 1.82) is 0 Å². The molecule has 0 bridgehead atoms. The molecule has 0 aliphatic rings. The first-order valence-electron chi connectivity index (χ1n) is 8.10. The molecule has 0 aliphatic carbocycles. The summed E-state index contributed by atoms with van der Waals surface area (Å²) in [5.41, 5.74) is 1.23. The van der Waals surface area contributed by atoms with Crippen molar-refractivity contribution < 1.29 is 24.1 Å². The third-order valence-electron chi connectivity index (χ3n) is 3.43. The molecule has 0 radical (unpaired) electrons. The van der Waals surface area contributed by atoms with Gasteiger partial charge >= 0.3 is 5.97 Å². The normalized spacial score (nSPS) is 10.1. The highest BCUT2D eigenvalue weighted by atomic mass is 16.5. The number of aromatic carboxylic acids is 1. The number of carboxylic acids is 1. The molecule has 2 aromatic rings. The summed E-state index contributed by atoms with van der Waals surface area (Å²) in [4.78, 5) is 11.0. The minimum absolute atomic E-state index is 0.158. The molecule has 0 aromatic heterocycles. The van der Waals surface area contributed by atoms with Crippen LogP contribution in [0.4, 0.5) is 0 Å². The van der Waals surface area contributed by atoms with Gasteiger partial charge in [-0.3, -0.25) is 0 Å². The summed E-state index contributed by atoms with van der Waals surface area (Å²) in [7, 11) is 0. The third kappa shape index (κ3) is 5.28. The molecule has 0 fully saturated rings. The van der Waals surface area contributed by atoms with Crippen molar-refractivity contribution in [3.05, 3.63) is 66.2 Å². The van der Waals surface area contributed by atoms with Crippen LogP contribution in [0.15, 0.2) is 55.1 Å². The highest BCUT2D eigenvalue weighted by Crippen LogP contribution is 2.28. The summed E-state index contributed by atoms with van der Waals surface area (Å²) >= 11 is 0. The molecule has 0 saturated carbocycles. The molecule has 5 heteroatoms. The molecule has 2 aromatic carbocycles. The lowest BCUT2D eigenvalue weighted by atomic mass is 10.1. The van der Waals surface area contributed by atoms with Crippen LogP contribution < -0.4 is 14.2 Å². The molecule has 25 heavy (non-hydrogen) atoms. The number of allylic oxidation sites excluding steroid dienone is 1. The molecule has 0 spiro atoms. The average Bonchev–Trinajstić information content (AvgIpc) is 2.61. The largest absolute Gasteiger partial charge is 0.490 e. The smallest absolute Gasteiger partial charge is 0.335 e. The van der Waals surface area contributed by atoms with Crippen LogP contribution in [0.3, 0.4) is 0 Å². The zero-order chi connectivity index (χ0) is 18.1. The number of carboxylic acid groups (broad SMARTS) is 1. The second-order valence-electron chi connectivity index (χ2n) is 5.20. The lowest BCUT2D eigenvalue weighted by molar-refractivity contribution is 0.0696. The van der Waals surface area contributed by atoms with Crippen molar-refractivity contribution >= 4 is 5.97 Å². The summed E-state index contributed by atoms with van der Waals surface area (Å²) < 4.78 is 16.9. The Labute approximate surface area is 147 Å². The number of rotatable bonds is 10. The Bertz CT molecular complexity index is 724. The number of hydrogen-bond donors (Lipinski definition) is 1. The summed E-state index contributed by atoms with van der Waals surface area (Å²) in [6.45, 7) is 6.67. The van der Waals surface area contributed by atoms with Gasteiger partial charge in [0.2, 0.25) is 0 Å². The number of para-hydroxylation sites is 1. The van der Waals surface area contributed by atoms with E-state index in [0.717, 1.165) is 17.7 Å². The van der Waals surface area contributed by atoms with Crippen LogP contribution >= 0.6 is 0 Å². The molecule has 0 aliphatic heterocycles. The van der Waals surface area contributed by atoms with Gasteiger partial charge in [-0.15, -0.1) is 6.58 Å². The maximum atomic E-state index is 11.0. The Morgan fingerprint density at radius 2 is 1.76 bits per heavy atom. The van der Waals surface area contributed by atoms with Crippen molar-refractivity contribution in [3.63, 3.8) is 0 Å². The van der Waals surface area contributed by atoms with Crippen molar-refractivity contribution in [2.75, 3.05) is 19.8 Å². The second kappa shape index (κ2) is 9.37. The standard InChI is InChI=1S/C20H22O5/c1-3-7-15-8-5-6-9-17(15)24-12-13-25-18-11-10-16(20(21)22)14-19(18)23-4-2/h3,5-6,8-11,14H,1,4,7,12-13H2,2H3,(H,21,22). The molecule has 0 saturated heterocycles. The van der Waals surface area contributed by atoms with E-state index in [1.165, 1.54) is 12.1 Å². The van der Waals surface area contributed by atoms with Gasteiger partial charge in [0.25, 0.3) is 0 Å². The van der Waals surface area contributed by atoms with E-state index in [4.69, 9.17) is 19.3 Å². The monoisotopic (exact) mass is 342 g/mol. The third-order valence-corrected chi connectivity index (χ3v) is 3.43. The summed E-state index contributed by atoms with van der Waals surface area (Å²) in [6.07, 6.45) is 2.57. The summed E-state index contributed by atoms with van der Waals surface area (Å²) in [5.74, 6) is 0.705. The fourth-order valence-electron chi connectivity index (χ4n) is 2.30. The van der Waals surface area contributed by atoms with Crippen LogP contribution in [0.2, 0.25) is 0 Å². The van der Waals surface area contributed by atoms with Gasteiger partial charge in [0.05, 0.1) is 12.2 Å². The minimum Gasteiger partial charge on any atom is -0.490 e. The number of hydrogen-bond acceptors (Lipinski definition) is 4. The van der Waals surface area contributed by atoms with Gasteiger partial charge in [-0.25, -0.2) is 4.79 Å². The highest BCUT2D eigenvalue weighted by Gasteiger charge is 2.10. The second-order valence-corrected chi connectivity index (χ2v) is 5.20. The van der Waals surface area contributed by atoms with Crippen LogP contribution in [-0.4, -0.2) is 30.9 Å². The fourth-order valence-corrected chi connectivity index (χ4v) is 2.30. The van der Waals surface area contributed by atoms with Gasteiger partial charge in [-0.05, 0) is 43.2 Å². The van der Waals surface area contributed by atoms with E-state index in [1.807, 2.05) is 37.3 Å². The van der Waals surface area contributed by atoms with Crippen molar-refractivity contribution in [3.8, 4) is 17.2 Å². The maximum Gasteiger partial charge on any atom is 0.335 e. The Balaban J connectivity index is 1.95. The zero-order valence-electron chi connectivity index (χ0n) is 14.2.